The van der Waals surface area contributed by atoms with Crippen LogP contribution in [0.5, 0.6) is 0 Å². The van der Waals surface area contributed by atoms with E-state index < -0.39 is 46.5 Å². The fourth-order valence-electron chi connectivity index (χ4n) is 1.46. The van der Waals surface area contributed by atoms with Crippen molar-refractivity contribution in [3.63, 3.8) is 0 Å². The molecule has 0 aliphatic heterocycles. The molecule has 0 spiro atoms. The van der Waals surface area contributed by atoms with Crippen molar-refractivity contribution >= 4 is 23.2 Å². The summed E-state index contributed by atoms with van der Waals surface area (Å²) in [6.45, 7) is 0. The second-order valence-electron chi connectivity index (χ2n) is 4.76. The van der Waals surface area contributed by atoms with Gasteiger partial charge in [-0.15, -0.1) is 0 Å². The van der Waals surface area contributed by atoms with E-state index in [0.29, 0.717) is 24.3 Å². The molecule has 1 rings (SSSR count). The van der Waals surface area contributed by atoms with Crippen LogP contribution < -0.4 is 5.32 Å². The molecule has 0 bridgehead atoms. The van der Waals surface area contributed by atoms with Gasteiger partial charge in [0.25, 0.3) is 0 Å². The third kappa shape index (κ3) is 3.40. The van der Waals surface area contributed by atoms with Gasteiger partial charge in [-0.2, -0.15) is 43.9 Å². The van der Waals surface area contributed by atoms with E-state index in [0.717, 1.165) is 5.32 Å². The first-order valence-corrected chi connectivity index (χ1v) is 6.42. The van der Waals surface area contributed by atoms with Crippen molar-refractivity contribution in [2.24, 2.45) is 0 Å². The second-order valence-corrected chi connectivity index (χ2v) is 5.23. The average molecular weight is 424 g/mol. The van der Waals surface area contributed by atoms with Gasteiger partial charge in [0.05, 0.1) is 0 Å². The van der Waals surface area contributed by atoms with E-state index in [1.165, 1.54) is 0 Å². The molecule has 2 nitrogen and oxygen atoms in total. The fourth-order valence-corrected chi connectivity index (χ4v) is 1.58. The van der Waals surface area contributed by atoms with Crippen LogP contribution in [0.2, 0.25) is 0 Å². The summed E-state index contributed by atoms with van der Waals surface area (Å²) in [6.07, 6.45) is 0. The van der Waals surface area contributed by atoms with Crippen LogP contribution >= 0.6 is 11.6 Å². The summed E-state index contributed by atoms with van der Waals surface area (Å²) >= 11 is 3.61. The lowest BCUT2D eigenvalue weighted by molar-refractivity contribution is -0.381. The van der Waals surface area contributed by atoms with Gasteiger partial charge >= 0.3 is 35.0 Å². The number of alkyl halides is 11. The molecule has 0 aliphatic carbocycles. The zero-order valence-electron chi connectivity index (χ0n) is 11.8. The van der Waals surface area contributed by atoms with Crippen molar-refractivity contribution in [1.82, 2.24) is 0 Å². The van der Waals surface area contributed by atoms with E-state index in [9.17, 15) is 53.1 Å². The first-order valence-electron chi connectivity index (χ1n) is 6.04. The van der Waals surface area contributed by atoms with Crippen molar-refractivity contribution in [2.45, 2.75) is 29.1 Å². The Morgan fingerprint density at radius 3 is 1.58 bits per heavy atom. The summed E-state index contributed by atoms with van der Waals surface area (Å²) in [7, 11) is 0. The molecule has 0 saturated carbocycles. The van der Waals surface area contributed by atoms with E-state index in [1.54, 1.807) is 0 Å². The van der Waals surface area contributed by atoms with E-state index in [2.05, 4.69) is 11.6 Å². The van der Waals surface area contributed by atoms with Gasteiger partial charge in [0.1, 0.15) is 5.82 Å². The summed E-state index contributed by atoms with van der Waals surface area (Å²) in [4.78, 5) is 11.2. The van der Waals surface area contributed by atoms with Gasteiger partial charge in [-0.3, -0.25) is 4.79 Å². The van der Waals surface area contributed by atoms with Crippen LogP contribution in [0.25, 0.3) is 0 Å². The van der Waals surface area contributed by atoms with E-state index in [-0.39, 0.29) is 0 Å². The highest BCUT2D eigenvalue weighted by Crippen LogP contribution is 2.58. The number of amides is 1. The number of hydrogen-bond acceptors (Lipinski definition) is 1. The van der Waals surface area contributed by atoms with Gasteiger partial charge in [-0.05, 0) is 35.9 Å². The van der Waals surface area contributed by atoms with Crippen molar-refractivity contribution in [3.8, 4) is 0 Å². The standard InChI is InChI=1S/C12H5ClF11NO/c13-12(23,24)11(21,22)10(19,20)9(17,18)8(15,16)7(26)25-6-3-1-5(14)2-4-6/h1-4H,(H,25,26). The molecule has 0 aliphatic rings. The van der Waals surface area contributed by atoms with Crippen LogP contribution in [0.15, 0.2) is 24.3 Å². The molecule has 1 amide bonds. The van der Waals surface area contributed by atoms with Gasteiger partial charge in [-0.1, -0.05) is 0 Å². The number of halogens is 12. The molecular formula is C12H5ClF11NO. The molecule has 0 radical (unpaired) electrons. The maximum atomic E-state index is 13.4. The molecule has 0 heterocycles. The molecule has 148 valence electrons. The molecule has 0 saturated heterocycles. The smallest absolute Gasteiger partial charge is 0.321 e. The summed E-state index contributed by atoms with van der Waals surface area (Å²) in [5.74, 6) is -32.7. The Bertz CT molecular complexity index is 669. The Balaban J connectivity index is 3.26. The topological polar surface area (TPSA) is 29.1 Å². The minimum atomic E-state index is -7.44. The third-order valence-corrected chi connectivity index (χ3v) is 3.16. The molecule has 26 heavy (non-hydrogen) atoms. The first-order chi connectivity index (χ1) is 11.4. The first kappa shape index (κ1) is 22.3. The van der Waals surface area contributed by atoms with Gasteiger partial charge in [-0.25, -0.2) is 4.39 Å². The van der Waals surface area contributed by atoms with Crippen molar-refractivity contribution in [3.05, 3.63) is 30.1 Å². The van der Waals surface area contributed by atoms with E-state index in [4.69, 9.17) is 0 Å². The van der Waals surface area contributed by atoms with Crippen LogP contribution in [0.4, 0.5) is 54.0 Å². The second kappa shape index (κ2) is 6.43. The van der Waals surface area contributed by atoms with Crippen LogP contribution in [-0.2, 0) is 4.79 Å². The molecule has 1 aromatic carbocycles. The number of nitrogens with one attached hydrogen (secondary N) is 1. The predicted molar refractivity (Wildman–Crippen MR) is 65.6 cm³/mol. The lowest BCUT2D eigenvalue weighted by atomic mass is 9.98. The predicted octanol–water partition coefficient (Wildman–Crippen LogP) is 5.14. The van der Waals surface area contributed by atoms with Crippen molar-refractivity contribution in [1.29, 1.82) is 0 Å². The zero-order chi connectivity index (χ0) is 20.8. The Morgan fingerprint density at radius 1 is 0.769 bits per heavy atom. The SMILES string of the molecule is O=C(Nc1ccc(F)cc1)C(F)(F)C(F)(F)C(F)(F)C(F)(F)C(F)(F)Cl. The summed E-state index contributed by atoms with van der Waals surface area (Å²) in [5, 5.41) is -5.40. The van der Waals surface area contributed by atoms with Gasteiger partial charge < -0.3 is 5.32 Å². The molecular weight excluding hydrogens is 419 g/mol. The number of carbonyl (C=O) groups excluding carboxylic acids is 1. The minimum Gasteiger partial charge on any atom is -0.321 e. The molecule has 0 atom stereocenters. The largest absolute Gasteiger partial charge is 0.393 e. The summed E-state index contributed by atoms with van der Waals surface area (Å²) in [6, 6.07) is 2.17. The van der Waals surface area contributed by atoms with Crippen LogP contribution in [-0.4, -0.2) is 35.0 Å². The number of hydrogen-bond donors (Lipinski definition) is 1. The van der Waals surface area contributed by atoms with Crippen molar-refractivity contribution < 1.29 is 53.1 Å². The van der Waals surface area contributed by atoms with Gasteiger partial charge in [0, 0.05) is 5.69 Å². The lowest BCUT2D eigenvalue weighted by Gasteiger charge is -2.37. The normalized spacial score (nSPS) is 14.3. The van der Waals surface area contributed by atoms with E-state index >= 15 is 0 Å². The number of benzene rings is 1. The molecule has 1 aromatic rings. The fraction of sp³-hybridized carbons (Fsp3) is 0.417. The minimum absolute atomic E-state index is 0.543. The highest BCUT2D eigenvalue weighted by atomic mass is 35.5. The maximum Gasteiger partial charge on any atom is 0.393 e. The summed E-state index contributed by atoms with van der Waals surface area (Å²) < 4.78 is 143. The van der Waals surface area contributed by atoms with Gasteiger partial charge in [0.15, 0.2) is 0 Å². The highest BCUT2D eigenvalue weighted by Gasteiger charge is 2.87. The van der Waals surface area contributed by atoms with Crippen LogP contribution in [0.1, 0.15) is 0 Å². The lowest BCUT2D eigenvalue weighted by Crippen LogP contribution is -2.68. The quantitative estimate of drug-likeness (QED) is 0.498. The van der Waals surface area contributed by atoms with Crippen molar-refractivity contribution in [2.75, 3.05) is 5.32 Å². The molecule has 0 aromatic heterocycles. The highest BCUT2D eigenvalue weighted by molar-refractivity contribution is 6.22. The van der Waals surface area contributed by atoms with Crippen LogP contribution in [0, 0.1) is 5.82 Å². The molecule has 1 N–H and O–H groups in total. The average Bonchev–Trinajstić information content (AvgIpc) is 2.47. The zero-order valence-corrected chi connectivity index (χ0v) is 12.5. The third-order valence-electron chi connectivity index (χ3n) is 2.93. The molecule has 0 unspecified atom stereocenters. The number of carbonyl (C=O) groups is 1. The molecule has 0 fully saturated rings. The Morgan fingerprint density at radius 2 is 1.19 bits per heavy atom. The monoisotopic (exact) mass is 423 g/mol. The summed E-state index contributed by atoms with van der Waals surface area (Å²) in [5.41, 5.74) is -0.801. The maximum absolute atomic E-state index is 13.4. The van der Waals surface area contributed by atoms with E-state index in [1.807, 2.05) is 0 Å². The Hall–Kier alpha value is -1.79. The Labute approximate surface area is 141 Å². The molecule has 14 heteroatoms. The Kier molecular flexibility index (Phi) is 5.50. The number of rotatable bonds is 6. The van der Waals surface area contributed by atoms with Gasteiger partial charge in [0.2, 0.25) is 0 Å². The number of anilines is 1. The van der Waals surface area contributed by atoms with Crippen LogP contribution in [0.3, 0.4) is 0 Å².